The molecule has 9 heteroatoms. The van der Waals surface area contributed by atoms with Gasteiger partial charge >= 0.3 is 5.69 Å². The number of hydrogen-bond acceptors (Lipinski definition) is 4. The standard InChI is InChI=1S/C29H23FN6O2/c1-31-28(37)21-9-6-17(13-22(21)30)18-7-10-24-23(14-18)33-27(19-5-4-12-32-16-19)36(24)20-8-11-25-26(15-20)35(3)29(38)34(25)2/h4-16H,1-3H3,(H,31,37). The van der Waals surface area contributed by atoms with Gasteiger partial charge in [0.25, 0.3) is 5.91 Å². The van der Waals surface area contributed by atoms with Gasteiger partial charge < -0.3 is 5.32 Å². The molecule has 6 aromatic rings. The molecule has 0 saturated carbocycles. The molecule has 1 N–H and O–H groups in total. The topological polar surface area (TPSA) is 86.7 Å². The maximum absolute atomic E-state index is 14.7. The number of imidazole rings is 2. The molecule has 0 saturated heterocycles. The molecule has 0 bridgehead atoms. The number of aromatic nitrogens is 5. The molecule has 0 aliphatic rings. The average molecular weight is 507 g/mol. The number of aryl methyl sites for hydroxylation is 2. The molecule has 0 aliphatic heterocycles. The second-order valence-electron chi connectivity index (χ2n) is 9.06. The van der Waals surface area contributed by atoms with Crippen LogP contribution in [0.15, 0.2) is 83.9 Å². The van der Waals surface area contributed by atoms with E-state index < -0.39 is 11.7 Å². The van der Waals surface area contributed by atoms with Crippen LogP contribution < -0.4 is 11.0 Å². The number of pyridine rings is 1. The summed E-state index contributed by atoms with van der Waals surface area (Å²) in [7, 11) is 4.97. The van der Waals surface area contributed by atoms with Gasteiger partial charge in [-0.3, -0.25) is 23.5 Å². The minimum Gasteiger partial charge on any atom is -0.355 e. The number of halogens is 1. The number of carbonyl (C=O) groups excluding carboxylic acids is 1. The van der Waals surface area contributed by atoms with Crippen LogP contribution in [0, 0.1) is 5.82 Å². The van der Waals surface area contributed by atoms with E-state index in [0.29, 0.717) is 16.9 Å². The van der Waals surface area contributed by atoms with Gasteiger partial charge in [0, 0.05) is 44.8 Å². The van der Waals surface area contributed by atoms with Crippen LogP contribution in [-0.2, 0) is 14.1 Å². The van der Waals surface area contributed by atoms with E-state index in [-0.39, 0.29) is 11.3 Å². The molecule has 0 atom stereocenters. The minimum atomic E-state index is -0.592. The van der Waals surface area contributed by atoms with Gasteiger partial charge in [-0.1, -0.05) is 12.1 Å². The lowest BCUT2D eigenvalue weighted by atomic mass is 10.0. The van der Waals surface area contributed by atoms with Crippen LogP contribution in [0.2, 0.25) is 0 Å². The van der Waals surface area contributed by atoms with Gasteiger partial charge in [0.05, 0.1) is 27.6 Å². The number of benzene rings is 3. The molecule has 0 radical (unpaired) electrons. The van der Waals surface area contributed by atoms with E-state index in [9.17, 15) is 14.0 Å². The Labute approximate surface area is 216 Å². The Morgan fingerprint density at radius 3 is 2.34 bits per heavy atom. The summed E-state index contributed by atoms with van der Waals surface area (Å²) in [6.07, 6.45) is 3.46. The van der Waals surface area contributed by atoms with Crippen molar-refractivity contribution in [1.82, 2.24) is 29.0 Å². The fourth-order valence-electron chi connectivity index (χ4n) is 4.86. The van der Waals surface area contributed by atoms with E-state index in [0.717, 1.165) is 33.4 Å². The molecule has 0 fully saturated rings. The average Bonchev–Trinajstić information content (AvgIpc) is 3.43. The van der Waals surface area contributed by atoms with Gasteiger partial charge in [-0.05, 0) is 65.7 Å². The first-order valence-electron chi connectivity index (χ1n) is 12.0. The predicted molar refractivity (Wildman–Crippen MR) is 145 cm³/mol. The van der Waals surface area contributed by atoms with E-state index in [2.05, 4.69) is 10.3 Å². The summed E-state index contributed by atoms with van der Waals surface area (Å²) in [5.74, 6) is -0.380. The summed E-state index contributed by atoms with van der Waals surface area (Å²) in [5, 5.41) is 2.45. The summed E-state index contributed by atoms with van der Waals surface area (Å²) >= 11 is 0. The van der Waals surface area contributed by atoms with E-state index >= 15 is 0 Å². The van der Waals surface area contributed by atoms with Crippen molar-refractivity contribution in [2.75, 3.05) is 7.05 Å². The van der Waals surface area contributed by atoms with Crippen molar-refractivity contribution < 1.29 is 9.18 Å². The van der Waals surface area contributed by atoms with Gasteiger partial charge in [-0.25, -0.2) is 14.2 Å². The molecule has 3 aromatic carbocycles. The normalized spacial score (nSPS) is 11.4. The van der Waals surface area contributed by atoms with Crippen molar-refractivity contribution >= 4 is 28.0 Å². The second kappa shape index (κ2) is 8.81. The summed E-state index contributed by atoms with van der Waals surface area (Å²) in [4.78, 5) is 33.6. The number of nitrogens with one attached hydrogen (secondary N) is 1. The third-order valence-corrected chi connectivity index (χ3v) is 6.86. The summed E-state index contributed by atoms with van der Waals surface area (Å²) in [5.41, 5.74) is 6.15. The Bertz CT molecular complexity index is 1930. The Morgan fingerprint density at radius 1 is 0.868 bits per heavy atom. The van der Waals surface area contributed by atoms with Crippen molar-refractivity contribution in [2.45, 2.75) is 0 Å². The zero-order valence-corrected chi connectivity index (χ0v) is 20.9. The zero-order chi connectivity index (χ0) is 26.6. The molecule has 3 heterocycles. The highest BCUT2D eigenvalue weighted by molar-refractivity contribution is 5.95. The van der Waals surface area contributed by atoms with E-state index in [1.165, 1.54) is 19.2 Å². The van der Waals surface area contributed by atoms with E-state index in [4.69, 9.17) is 4.98 Å². The van der Waals surface area contributed by atoms with Crippen LogP contribution >= 0.6 is 0 Å². The van der Waals surface area contributed by atoms with Gasteiger partial charge in [0.2, 0.25) is 0 Å². The smallest absolute Gasteiger partial charge is 0.328 e. The van der Waals surface area contributed by atoms with Crippen LogP contribution in [-0.4, -0.2) is 36.6 Å². The number of hydrogen-bond donors (Lipinski definition) is 1. The number of fused-ring (bicyclic) bond motifs is 2. The number of rotatable bonds is 4. The number of amides is 1. The second-order valence-corrected chi connectivity index (χ2v) is 9.06. The molecule has 8 nitrogen and oxygen atoms in total. The SMILES string of the molecule is CNC(=O)c1ccc(-c2ccc3c(c2)nc(-c2cccnc2)n3-c2ccc3c(c2)n(C)c(=O)n3C)cc1F. The maximum atomic E-state index is 14.7. The van der Waals surface area contributed by atoms with Crippen molar-refractivity contribution in [2.24, 2.45) is 14.1 Å². The Hall–Kier alpha value is -5.05. The van der Waals surface area contributed by atoms with Gasteiger partial charge in [-0.15, -0.1) is 0 Å². The first-order valence-corrected chi connectivity index (χ1v) is 12.0. The Kier molecular flexibility index (Phi) is 5.41. The van der Waals surface area contributed by atoms with Crippen LogP contribution in [0.3, 0.4) is 0 Å². The van der Waals surface area contributed by atoms with Crippen molar-refractivity contribution in [3.05, 3.63) is 101 Å². The largest absolute Gasteiger partial charge is 0.355 e. The van der Waals surface area contributed by atoms with Crippen LogP contribution in [0.25, 0.3) is 50.3 Å². The summed E-state index contributed by atoms with van der Waals surface area (Å²) < 4.78 is 19.9. The molecule has 0 spiro atoms. The van der Waals surface area contributed by atoms with Gasteiger partial charge in [-0.2, -0.15) is 0 Å². The van der Waals surface area contributed by atoms with Crippen LogP contribution in [0.1, 0.15) is 10.4 Å². The molecule has 0 aliphatic carbocycles. The quantitative estimate of drug-likeness (QED) is 0.383. The Morgan fingerprint density at radius 2 is 1.61 bits per heavy atom. The minimum absolute atomic E-state index is 0.00817. The van der Waals surface area contributed by atoms with Crippen LogP contribution in [0.4, 0.5) is 4.39 Å². The summed E-state index contributed by atoms with van der Waals surface area (Å²) in [6.45, 7) is 0. The highest BCUT2D eigenvalue weighted by Crippen LogP contribution is 2.32. The lowest BCUT2D eigenvalue weighted by Gasteiger charge is -2.11. The first-order chi connectivity index (χ1) is 18.4. The highest BCUT2D eigenvalue weighted by Gasteiger charge is 2.18. The van der Waals surface area contributed by atoms with E-state index in [1.54, 1.807) is 41.7 Å². The third kappa shape index (κ3) is 3.59. The molecule has 188 valence electrons. The lowest BCUT2D eigenvalue weighted by molar-refractivity contribution is 0.0959. The zero-order valence-electron chi connectivity index (χ0n) is 20.9. The first kappa shape index (κ1) is 23.4. The summed E-state index contributed by atoms with van der Waals surface area (Å²) in [6, 6.07) is 19.9. The molecule has 3 aromatic heterocycles. The number of carbonyl (C=O) groups is 1. The molecule has 38 heavy (non-hydrogen) atoms. The predicted octanol–water partition coefficient (Wildman–Crippen LogP) is 4.44. The fraction of sp³-hybridized carbons (Fsp3) is 0.103. The van der Waals surface area contributed by atoms with Crippen molar-refractivity contribution in [1.29, 1.82) is 0 Å². The van der Waals surface area contributed by atoms with Gasteiger partial charge in [0.15, 0.2) is 0 Å². The molecular weight excluding hydrogens is 483 g/mol. The van der Waals surface area contributed by atoms with E-state index in [1.807, 2.05) is 53.1 Å². The molecule has 6 rings (SSSR count). The fourth-order valence-corrected chi connectivity index (χ4v) is 4.86. The Balaban J connectivity index is 1.56. The van der Waals surface area contributed by atoms with Gasteiger partial charge in [0.1, 0.15) is 11.6 Å². The van der Waals surface area contributed by atoms with Crippen LogP contribution in [0.5, 0.6) is 0 Å². The third-order valence-electron chi connectivity index (χ3n) is 6.86. The maximum Gasteiger partial charge on any atom is 0.328 e. The lowest BCUT2D eigenvalue weighted by Crippen LogP contribution is -2.19. The van der Waals surface area contributed by atoms with Crippen molar-refractivity contribution in [3.63, 3.8) is 0 Å². The van der Waals surface area contributed by atoms with Crippen molar-refractivity contribution in [3.8, 4) is 28.2 Å². The monoisotopic (exact) mass is 506 g/mol. The molecule has 0 unspecified atom stereocenters. The number of nitrogens with zero attached hydrogens (tertiary/aromatic N) is 5. The molecular formula is C29H23FN6O2. The molecule has 1 amide bonds. The highest BCUT2D eigenvalue weighted by atomic mass is 19.1.